The summed E-state index contributed by atoms with van der Waals surface area (Å²) in [6.45, 7) is 1.99. The monoisotopic (exact) mass is 235 g/mol. The number of benzene rings is 1. The van der Waals surface area contributed by atoms with Crippen LogP contribution in [0.5, 0.6) is 0 Å². The van der Waals surface area contributed by atoms with Crippen LogP contribution in [0.2, 0.25) is 0 Å². The van der Waals surface area contributed by atoms with Gasteiger partial charge in [-0.15, -0.1) is 0 Å². The first-order valence-corrected chi connectivity index (χ1v) is 6.74. The molecule has 0 aliphatic carbocycles. The van der Waals surface area contributed by atoms with Crippen molar-refractivity contribution in [2.75, 3.05) is 23.5 Å². The van der Waals surface area contributed by atoms with Crippen LogP contribution in [-0.2, 0) is 0 Å². The van der Waals surface area contributed by atoms with Gasteiger partial charge in [-0.1, -0.05) is 0 Å². The molecule has 1 fully saturated rings. The molecular weight excluding hydrogens is 218 g/mol. The van der Waals surface area contributed by atoms with E-state index in [9.17, 15) is 4.79 Å². The SMILES string of the molecule is Cc1cc(N(C)C2CCSC2)ccc1C=O. The maximum atomic E-state index is 10.7. The standard InChI is InChI=1S/C13H17NOS/c1-10-7-12(4-3-11(10)8-15)14(2)13-5-6-16-9-13/h3-4,7-8,13H,5-6,9H2,1-2H3. The maximum absolute atomic E-state index is 10.7. The molecule has 0 saturated carbocycles. The van der Waals surface area contributed by atoms with E-state index in [-0.39, 0.29) is 0 Å². The lowest BCUT2D eigenvalue weighted by atomic mass is 10.1. The fraction of sp³-hybridized carbons (Fsp3) is 0.462. The van der Waals surface area contributed by atoms with Gasteiger partial charge in [0, 0.05) is 30.1 Å². The highest BCUT2D eigenvalue weighted by Crippen LogP contribution is 2.26. The van der Waals surface area contributed by atoms with Gasteiger partial charge in [0.15, 0.2) is 0 Å². The van der Waals surface area contributed by atoms with E-state index in [0.717, 1.165) is 17.4 Å². The van der Waals surface area contributed by atoms with E-state index in [1.807, 2.05) is 30.8 Å². The fourth-order valence-corrected chi connectivity index (χ4v) is 3.32. The lowest BCUT2D eigenvalue weighted by molar-refractivity contribution is 0.112. The van der Waals surface area contributed by atoms with Crippen molar-refractivity contribution < 1.29 is 4.79 Å². The molecule has 1 aromatic carbocycles. The Balaban J connectivity index is 2.19. The Morgan fingerprint density at radius 1 is 1.50 bits per heavy atom. The van der Waals surface area contributed by atoms with Gasteiger partial charge in [-0.3, -0.25) is 4.79 Å². The highest BCUT2D eigenvalue weighted by atomic mass is 32.2. The molecule has 1 saturated heterocycles. The van der Waals surface area contributed by atoms with E-state index in [0.29, 0.717) is 6.04 Å². The van der Waals surface area contributed by atoms with Gasteiger partial charge < -0.3 is 4.90 Å². The summed E-state index contributed by atoms with van der Waals surface area (Å²) in [4.78, 5) is 13.1. The quantitative estimate of drug-likeness (QED) is 0.751. The number of thioether (sulfide) groups is 1. The second-order valence-electron chi connectivity index (χ2n) is 4.29. The molecule has 1 atom stereocenters. The van der Waals surface area contributed by atoms with E-state index in [1.54, 1.807) is 0 Å². The van der Waals surface area contributed by atoms with Crippen LogP contribution < -0.4 is 4.90 Å². The summed E-state index contributed by atoms with van der Waals surface area (Å²) in [5.74, 6) is 2.48. The van der Waals surface area contributed by atoms with Crippen LogP contribution in [0.25, 0.3) is 0 Å². The Labute approximate surface area is 101 Å². The predicted octanol–water partition coefficient (Wildman–Crippen LogP) is 2.75. The summed E-state index contributed by atoms with van der Waals surface area (Å²) in [7, 11) is 2.14. The molecule has 2 nitrogen and oxygen atoms in total. The molecular formula is C13H17NOS. The Bertz CT molecular complexity index is 386. The van der Waals surface area contributed by atoms with Gasteiger partial charge in [-0.25, -0.2) is 0 Å². The molecule has 3 heteroatoms. The van der Waals surface area contributed by atoms with Crippen molar-refractivity contribution >= 4 is 23.7 Å². The maximum Gasteiger partial charge on any atom is 0.150 e. The fourth-order valence-electron chi connectivity index (χ4n) is 2.05. The van der Waals surface area contributed by atoms with Crippen LogP contribution in [0.1, 0.15) is 22.3 Å². The lowest BCUT2D eigenvalue weighted by Crippen LogP contribution is -2.31. The first-order chi connectivity index (χ1) is 7.72. The molecule has 16 heavy (non-hydrogen) atoms. The van der Waals surface area contributed by atoms with Crippen molar-refractivity contribution in [2.45, 2.75) is 19.4 Å². The van der Waals surface area contributed by atoms with Crippen molar-refractivity contribution in [3.63, 3.8) is 0 Å². The summed E-state index contributed by atoms with van der Waals surface area (Å²) >= 11 is 2.02. The van der Waals surface area contributed by atoms with Gasteiger partial charge in [0.1, 0.15) is 6.29 Å². The second-order valence-corrected chi connectivity index (χ2v) is 5.44. The van der Waals surface area contributed by atoms with Crippen LogP contribution in [-0.4, -0.2) is 30.9 Å². The molecule has 0 aromatic heterocycles. The minimum Gasteiger partial charge on any atom is -0.371 e. The summed E-state index contributed by atoms with van der Waals surface area (Å²) in [6, 6.07) is 6.70. The van der Waals surface area contributed by atoms with Crippen molar-refractivity contribution in [1.29, 1.82) is 0 Å². The van der Waals surface area contributed by atoms with Gasteiger partial charge in [0.2, 0.25) is 0 Å². The normalized spacial score (nSPS) is 19.8. The average molecular weight is 235 g/mol. The van der Waals surface area contributed by atoms with Crippen LogP contribution in [0.4, 0.5) is 5.69 Å². The number of anilines is 1. The lowest BCUT2D eigenvalue weighted by Gasteiger charge is -2.26. The van der Waals surface area contributed by atoms with Gasteiger partial charge >= 0.3 is 0 Å². The van der Waals surface area contributed by atoms with Gasteiger partial charge in [0.05, 0.1) is 0 Å². The third-order valence-electron chi connectivity index (χ3n) is 3.24. The second kappa shape index (κ2) is 4.91. The van der Waals surface area contributed by atoms with Crippen molar-refractivity contribution in [2.24, 2.45) is 0 Å². The van der Waals surface area contributed by atoms with E-state index < -0.39 is 0 Å². The Hall–Kier alpha value is -0.960. The first kappa shape index (κ1) is 11.5. The molecule has 0 spiro atoms. The van der Waals surface area contributed by atoms with E-state index in [4.69, 9.17) is 0 Å². The smallest absolute Gasteiger partial charge is 0.150 e. The number of aldehydes is 1. The Morgan fingerprint density at radius 3 is 2.88 bits per heavy atom. The molecule has 0 bridgehead atoms. The number of carbonyl (C=O) groups is 1. The van der Waals surface area contributed by atoms with Gasteiger partial charge in [0.25, 0.3) is 0 Å². The Kier molecular flexibility index (Phi) is 3.54. The Morgan fingerprint density at radius 2 is 2.31 bits per heavy atom. The number of carbonyl (C=O) groups excluding carboxylic acids is 1. The number of hydrogen-bond donors (Lipinski definition) is 0. The van der Waals surface area contributed by atoms with Crippen LogP contribution in [0, 0.1) is 6.92 Å². The van der Waals surface area contributed by atoms with E-state index in [2.05, 4.69) is 18.0 Å². The first-order valence-electron chi connectivity index (χ1n) is 5.59. The van der Waals surface area contributed by atoms with Gasteiger partial charge in [-0.2, -0.15) is 11.8 Å². The summed E-state index contributed by atoms with van der Waals surface area (Å²) in [5.41, 5.74) is 3.07. The predicted molar refractivity (Wildman–Crippen MR) is 70.7 cm³/mol. The summed E-state index contributed by atoms with van der Waals surface area (Å²) in [5, 5.41) is 0. The molecule has 86 valence electrons. The molecule has 0 amide bonds. The van der Waals surface area contributed by atoms with E-state index in [1.165, 1.54) is 23.6 Å². The molecule has 1 aliphatic heterocycles. The number of hydrogen-bond acceptors (Lipinski definition) is 3. The highest BCUT2D eigenvalue weighted by Gasteiger charge is 2.20. The molecule has 1 aromatic rings. The largest absolute Gasteiger partial charge is 0.371 e. The van der Waals surface area contributed by atoms with E-state index >= 15 is 0 Å². The van der Waals surface area contributed by atoms with Crippen molar-refractivity contribution in [3.8, 4) is 0 Å². The zero-order valence-electron chi connectivity index (χ0n) is 9.77. The number of aryl methyl sites for hydroxylation is 1. The molecule has 1 heterocycles. The van der Waals surface area contributed by atoms with Crippen molar-refractivity contribution in [1.82, 2.24) is 0 Å². The topological polar surface area (TPSA) is 20.3 Å². The number of rotatable bonds is 3. The van der Waals surface area contributed by atoms with Crippen LogP contribution >= 0.6 is 11.8 Å². The minimum absolute atomic E-state index is 0.645. The zero-order chi connectivity index (χ0) is 11.5. The summed E-state index contributed by atoms with van der Waals surface area (Å²) in [6.07, 6.45) is 2.18. The van der Waals surface area contributed by atoms with Crippen LogP contribution in [0.15, 0.2) is 18.2 Å². The van der Waals surface area contributed by atoms with Gasteiger partial charge in [-0.05, 0) is 42.9 Å². The third kappa shape index (κ3) is 2.24. The minimum atomic E-state index is 0.645. The molecule has 2 rings (SSSR count). The summed E-state index contributed by atoms with van der Waals surface area (Å²) < 4.78 is 0. The third-order valence-corrected chi connectivity index (χ3v) is 4.39. The molecule has 0 radical (unpaired) electrons. The molecule has 0 N–H and O–H groups in total. The molecule has 1 aliphatic rings. The van der Waals surface area contributed by atoms with Crippen LogP contribution in [0.3, 0.4) is 0 Å². The number of nitrogens with zero attached hydrogens (tertiary/aromatic N) is 1. The molecule has 1 unspecified atom stereocenters. The average Bonchev–Trinajstić information content (AvgIpc) is 2.81. The highest BCUT2D eigenvalue weighted by molar-refractivity contribution is 7.99. The van der Waals surface area contributed by atoms with Crippen molar-refractivity contribution in [3.05, 3.63) is 29.3 Å². The zero-order valence-corrected chi connectivity index (χ0v) is 10.6.